The van der Waals surface area contributed by atoms with Crippen LogP contribution in [-0.4, -0.2) is 45.7 Å². The van der Waals surface area contributed by atoms with Crippen LogP contribution in [0.1, 0.15) is 17.3 Å². The van der Waals surface area contributed by atoms with E-state index in [2.05, 4.69) is 20.1 Å². The standard InChI is InChI=1S/C13H17N3O6S2/c1-3-22-13(18)16-11(23)7-15-8-4-5-9(12(17)21-2)10(6-8)24(14,19)20/h4-6,15H,3,7H2,1-2H3,(H2,14,19,20)(H,16,18,23). The second-order valence-corrected chi connectivity index (χ2v) is 6.39. The van der Waals surface area contributed by atoms with Gasteiger partial charge in [0, 0.05) is 5.69 Å². The third-order valence-corrected chi connectivity index (χ3v) is 3.86. The van der Waals surface area contributed by atoms with Crippen LogP contribution in [0.2, 0.25) is 0 Å². The van der Waals surface area contributed by atoms with Gasteiger partial charge >= 0.3 is 12.1 Å². The lowest BCUT2D eigenvalue weighted by Crippen LogP contribution is -2.34. The fraction of sp³-hybridized carbons (Fsp3) is 0.308. The lowest BCUT2D eigenvalue weighted by molar-refractivity contribution is 0.0596. The highest BCUT2D eigenvalue weighted by Gasteiger charge is 2.20. The summed E-state index contributed by atoms with van der Waals surface area (Å²) in [4.78, 5) is 22.6. The van der Waals surface area contributed by atoms with Crippen molar-refractivity contribution in [1.82, 2.24) is 5.32 Å². The quantitative estimate of drug-likeness (QED) is 0.486. The molecule has 0 bridgehead atoms. The van der Waals surface area contributed by atoms with Crippen molar-refractivity contribution in [2.24, 2.45) is 5.14 Å². The average molecular weight is 375 g/mol. The summed E-state index contributed by atoms with van der Waals surface area (Å²) in [7, 11) is -3.01. The zero-order valence-corrected chi connectivity index (χ0v) is 14.6. The molecule has 0 fully saturated rings. The molecule has 0 radical (unpaired) electrons. The highest BCUT2D eigenvalue weighted by Crippen LogP contribution is 2.20. The number of thiocarbonyl (C=S) groups is 1. The number of nitrogens with two attached hydrogens (primary N) is 1. The monoisotopic (exact) mass is 375 g/mol. The summed E-state index contributed by atoms with van der Waals surface area (Å²) in [6.45, 7) is 1.89. The number of rotatable bonds is 6. The van der Waals surface area contributed by atoms with E-state index in [1.165, 1.54) is 18.2 Å². The Bertz CT molecular complexity index is 748. The van der Waals surface area contributed by atoms with Crippen LogP contribution in [0.3, 0.4) is 0 Å². The molecule has 11 heteroatoms. The number of carbonyl (C=O) groups is 2. The van der Waals surface area contributed by atoms with Gasteiger partial charge in [-0.1, -0.05) is 12.2 Å². The number of primary sulfonamides is 1. The summed E-state index contributed by atoms with van der Waals surface area (Å²) < 4.78 is 32.4. The summed E-state index contributed by atoms with van der Waals surface area (Å²) >= 11 is 4.94. The highest BCUT2D eigenvalue weighted by atomic mass is 32.2. The Morgan fingerprint density at radius 3 is 2.54 bits per heavy atom. The van der Waals surface area contributed by atoms with Crippen LogP contribution in [0.4, 0.5) is 10.5 Å². The second-order valence-electron chi connectivity index (χ2n) is 4.37. The van der Waals surface area contributed by atoms with E-state index >= 15 is 0 Å². The molecule has 0 heterocycles. The first kappa shape index (κ1) is 19.8. The molecule has 0 atom stereocenters. The SMILES string of the molecule is CCOC(=O)NC(=S)CNc1ccc(C(=O)OC)c(S(N)(=O)=O)c1. The number of anilines is 1. The van der Waals surface area contributed by atoms with Crippen molar-refractivity contribution in [1.29, 1.82) is 0 Å². The fourth-order valence-corrected chi connectivity index (χ4v) is 2.56. The van der Waals surface area contributed by atoms with Gasteiger partial charge in [-0.15, -0.1) is 0 Å². The number of ether oxygens (including phenoxy) is 2. The lowest BCUT2D eigenvalue weighted by atomic mass is 10.2. The van der Waals surface area contributed by atoms with E-state index in [1.54, 1.807) is 6.92 Å². The molecule has 132 valence electrons. The molecule has 0 spiro atoms. The van der Waals surface area contributed by atoms with Gasteiger partial charge < -0.3 is 14.8 Å². The number of hydrogen-bond acceptors (Lipinski definition) is 8. The van der Waals surface area contributed by atoms with Crippen molar-refractivity contribution in [2.45, 2.75) is 11.8 Å². The molecule has 24 heavy (non-hydrogen) atoms. The van der Waals surface area contributed by atoms with E-state index < -0.39 is 22.1 Å². The maximum absolute atomic E-state index is 11.6. The summed E-state index contributed by atoms with van der Waals surface area (Å²) in [6, 6.07) is 3.89. The van der Waals surface area contributed by atoms with E-state index in [0.717, 1.165) is 7.11 Å². The number of amides is 1. The van der Waals surface area contributed by atoms with Crippen LogP contribution >= 0.6 is 12.2 Å². The topological polar surface area (TPSA) is 137 Å². The van der Waals surface area contributed by atoms with Gasteiger partial charge in [-0.25, -0.2) is 23.1 Å². The van der Waals surface area contributed by atoms with Crippen LogP contribution < -0.4 is 15.8 Å². The number of benzene rings is 1. The maximum Gasteiger partial charge on any atom is 0.412 e. The van der Waals surface area contributed by atoms with E-state index in [0.29, 0.717) is 5.69 Å². The fourth-order valence-electron chi connectivity index (χ4n) is 1.65. The number of carbonyl (C=O) groups excluding carboxylic acids is 2. The Kier molecular flexibility index (Phi) is 7.07. The Morgan fingerprint density at radius 1 is 1.33 bits per heavy atom. The number of alkyl carbamates (subject to hydrolysis) is 1. The molecule has 0 aliphatic heterocycles. The van der Waals surface area contributed by atoms with Crippen molar-refractivity contribution < 1.29 is 27.5 Å². The first-order valence-corrected chi connectivity index (χ1v) is 8.60. The first-order chi connectivity index (χ1) is 11.2. The van der Waals surface area contributed by atoms with Gasteiger partial charge in [0.25, 0.3) is 0 Å². The second kappa shape index (κ2) is 8.57. The van der Waals surface area contributed by atoms with Crippen LogP contribution in [0, 0.1) is 0 Å². The van der Waals surface area contributed by atoms with E-state index in [1.807, 2.05) is 0 Å². The lowest BCUT2D eigenvalue weighted by Gasteiger charge is -2.12. The van der Waals surface area contributed by atoms with Crippen molar-refractivity contribution >= 4 is 45.0 Å². The first-order valence-electron chi connectivity index (χ1n) is 6.64. The molecule has 0 aromatic heterocycles. The number of methoxy groups -OCH3 is 1. The maximum atomic E-state index is 11.6. The summed E-state index contributed by atoms with van der Waals surface area (Å²) in [5.41, 5.74) is 0.150. The third-order valence-electron chi connectivity index (χ3n) is 2.66. The average Bonchev–Trinajstić information content (AvgIpc) is 2.51. The number of esters is 1. The molecule has 1 amide bonds. The van der Waals surface area contributed by atoms with Gasteiger partial charge in [0.2, 0.25) is 10.0 Å². The number of hydrogen-bond donors (Lipinski definition) is 3. The molecule has 1 aromatic carbocycles. The van der Waals surface area contributed by atoms with Gasteiger partial charge in [-0.2, -0.15) is 0 Å². The molecular weight excluding hydrogens is 358 g/mol. The smallest absolute Gasteiger partial charge is 0.412 e. The zero-order valence-electron chi connectivity index (χ0n) is 13.0. The normalized spacial score (nSPS) is 10.6. The van der Waals surface area contributed by atoms with Gasteiger partial charge in [0.05, 0.1) is 30.7 Å². The number of sulfonamides is 1. The van der Waals surface area contributed by atoms with Gasteiger partial charge in [-0.3, -0.25) is 5.32 Å². The van der Waals surface area contributed by atoms with Crippen molar-refractivity contribution in [2.75, 3.05) is 25.6 Å². The summed E-state index contributed by atoms with van der Waals surface area (Å²) in [6.07, 6.45) is -0.685. The Balaban J connectivity index is 2.89. The molecule has 9 nitrogen and oxygen atoms in total. The summed E-state index contributed by atoms with van der Waals surface area (Å²) in [5.74, 6) is -0.829. The van der Waals surface area contributed by atoms with Crippen molar-refractivity contribution in [3.8, 4) is 0 Å². The molecular formula is C13H17N3O6S2. The van der Waals surface area contributed by atoms with Gasteiger partial charge in [0.1, 0.15) is 4.99 Å². The zero-order chi connectivity index (χ0) is 18.3. The van der Waals surface area contributed by atoms with Crippen LogP contribution in [-0.2, 0) is 19.5 Å². The minimum atomic E-state index is -4.14. The number of nitrogens with one attached hydrogen (secondary N) is 2. The van der Waals surface area contributed by atoms with Gasteiger partial charge in [0.15, 0.2) is 0 Å². The van der Waals surface area contributed by atoms with Crippen molar-refractivity contribution in [3.05, 3.63) is 23.8 Å². The molecule has 4 N–H and O–H groups in total. The molecule has 0 unspecified atom stereocenters. The minimum absolute atomic E-state index is 0.0375. The third kappa shape index (κ3) is 5.76. The van der Waals surface area contributed by atoms with Crippen LogP contribution in [0.5, 0.6) is 0 Å². The minimum Gasteiger partial charge on any atom is -0.465 e. The van der Waals surface area contributed by atoms with E-state index in [-0.39, 0.29) is 28.6 Å². The molecule has 1 rings (SSSR count). The predicted molar refractivity (Wildman–Crippen MR) is 90.4 cm³/mol. The summed E-state index contributed by atoms with van der Waals surface area (Å²) in [5, 5.41) is 10.2. The molecule has 0 saturated heterocycles. The molecule has 0 saturated carbocycles. The van der Waals surface area contributed by atoms with Crippen LogP contribution in [0.25, 0.3) is 0 Å². The Hall–Kier alpha value is -2.24. The van der Waals surface area contributed by atoms with Crippen LogP contribution in [0.15, 0.2) is 23.1 Å². The van der Waals surface area contributed by atoms with E-state index in [4.69, 9.17) is 17.4 Å². The molecule has 0 aliphatic rings. The van der Waals surface area contributed by atoms with E-state index in [9.17, 15) is 18.0 Å². The van der Waals surface area contributed by atoms with Gasteiger partial charge in [-0.05, 0) is 25.1 Å². The predicted octanol–water partition coefficient (Wildman–Crippen LogP) is 0.606. The molecule has 1 aromatic rings. The Labute approximate surface area is 144 Å². The van der Waals surface area contributed by atoms with Crippen molar-refractivity contribution in [3.63, 3.8) is 0 Å². The highest BCUT2D eigenvalue weighted by molar-refractivity contribution is 7.89. The molecule has 0 aliphatic carbocycles. The largest absolute Gasteiger partial charge is 0.465 e. The Morgan fingerprint density at radius 2 is 2.00 bits per heavy atom.